The third-order valence-electron chi connectivity index (χ3n) is 10.7. The average molecular weight is 884 g/mol. The molecule has 4 fully saturated rings. The second-order valence-corrected chi connectivity index (χ2v) is 20.6. The molecule has 0 radical (unpaired) electrons. The number of nitrogens with zero attached hydrogens (tertiary/aromatic N) is 1. The van der Waals surface area contributed by atoms with Gasteiger partial charge < -0.3 is 19.7 Å². The lowest BCUT2D eigenvalue weighted by atomic mass is 9.79. The normalized spacial score (nSPS) is 20.5. The van der Waals surface area contributed by atoms with E-state index >= 15 is 0 Å². The molecule has 2 saturated carbocycles. The third-order valence-corrected chi connectivity index (χ3v) is 13.6. The van der Waals surface area contributed by atoms with Crippen LogP contribution in [0, 0.1) is 46.3 Å². The van der Waals surface area contributed by atoms with Crippen molar-refractivity contribution in [2.45, 2.75) is 156 Å². The van der Waals surface area contributed by atoms with E-state index in [9.17, 15) is 19.2 Å². The molecule has 2 aliphatic heterocycles. The molecule has 2 aromatic rings. The van der Waals surface area contributed by atoms with Crippen molar-refractivity contribution in [1.82, 2.24) is 5.32 Å². The van der Waals surface area contributed by atoms with E-state index in [1.54, 1.807) is 0 Å². The molecular formula is C46H63BrN2O6S2. The molecule has 0 spiro atoms. The van der Waals surface area contributed by atoms with Gasteiger partial charge in [-0.25, -0.2) is 9.59 Å². The Bertz CT molecular complexity index is 1820. The molecule has 2 amide bonds. The zero-order chi connectivity index (χ0) is 41.8. The quantitative estimate of drug-likeness (QED) is 0.237. The van der Waals surface area contributed by atoms with E-state index in [4.69, 9.17) is 4.74 Å². The van der Waals surface area contributed by atoms with E-state index in [1.165, 1.54) is 108 Å². The van der Waals surface area contributed by atoms with Crippen molar-refractivity contribution in [3.05, 3.63) is 36.1 Å². The fraction of sp³-hybridized carbons (Fsp3) is 0.652. The lowest BCUT2D eigenvalue weighted by Crippen LogP contribution is -2.48. The summed E-state index contributed by atoms with van der Waals surface area (Å²) in [6, 6.07) is 4.47. The van der Waals surface area contributed by atoms with Gasteiger partial charge in [-0.2, -0.15) is 0 Å². The summed E-state index contributed by atoms with van der Waals surface area (Å²) in [4.78, 5) is 52.7. The van der Waals surface area contributed by atoms with E-state index in [-0.39, 0.29) is 40.6 Å². The Balaban J connectivity index is 0.000000209. The van der Waals surface area contributed by atoms with Gasteiger partial charge in [0.1, 0.15) is 9.75 Å². The molecule has 2 saturated heterocycles. The number of hydrogen-bond donors (Lipinski definition) is 1. The molecule has 2 aromatic heterocycles. The van der Waals surface area contributed by atoms with Crippen molar-refractivity contribution in [1.29, 1.82) is 0 Å². The number of carbonyl (C=O) groups excluding carboxylic acids is 4. The first-order valence-corrected chi connectivity index (χ1v) is 23.2. The van der Waals surface area contributed by atoms with Crippen LogP contribution in [0.2, 0.25) is 0 Å². The molecule has 0 unspecified atom stereocenters. The Morgan fingerprint density at radius 1 is 0.702 bits per heavy atom. The highest BCUT2D eigenvalue weighted by Crippen LogP contribution is 2.41. The standard InChI is InChI=1S/C23H31NO3S.C12H13BrO2S.C11H19NO/c1-23(2,3)14-13-17-15-19(21(28-17)22(26)27-4)24-18(11-8-12-20(24)25)16-9-6-5-7-10-16;1-12(2,3)6-5-8-7-9(13)10(16-8)11(14)15-4;13-11-8-4-7-10(12-11)9-5-2-1-3-6-9/h15-16,18H,5-12H2,1-4H3;7H,1-4H3;9-10H,1-8H2,(H,12,13)/t18-;;10-/m0.0/s1. The summed E-state index contributed by atoms with van der Waals surface area (Å²) < 4.78 is 10.4. The Morgan fingerprint density at radius 2 is 1.21 bits per heavy atom. The van der Waals surface area contributed by atoms with Crippen LogP contribution in [0.3, 0.4) is 0 Å². The van der Waals surface area contributed by atoms with E-state index in [2.05, 4.69) is 70.4 Å². The van der Waals surface area contributed by atoms with Gasteiger partial charge in [-0.15, -0.1) is 22.7 Å². The molecule has 0 bridgehead atoms. The highest BCUT2D eigenvalue weighted by Gasteiger charge is 2.38. The van der Waals surface area contributed by atoms with E-state index in [0.717, 1.165) is 45.8 Å². The molecule has 57 heavy (non-hydrogen) atoms. The van der Waals surface area contributed by atoms with Gasteiger partial charge in [-0.05, 0) is 133 Å². The Hall–Kier alpha value is -3.12. The molecular weight excluding hydrogens is 821 g/mol. The monoisotopic (exact) mass is 882 g/mol. The first-order valence-electron chi connectivity index (χ1n) is 20.8. The van der Waals surface area contributed by atoms with Crippen LogP contribution in [-0.4, -0.2) is 50.1 Å². The highest BCUT2D eigenvalue weighted by atomic mass is 79.9. The van der Waals surface area contributed by atoms with Gasteiger partial charge in [0.15, 0.2) is 0 Å². The highest BCUT2D eigenvalue weighted by molar-refractivity contribution is 9.10. The van der Waals surface area contributed by atoms with Crippen molar-refractivity contribution in [3.8, 4) is 23.7 Å². The fourth-order valence-electron chi connectivity index (χ4n) is 7.92. The van der Waals surface area contributed by atoms with Crippen LogP contribution < -0.4 is 10.2 Å². The summed E-state index contributed by atoms with van der Waals surface area (Å²) in [5.41, 5.74) is 0.540. The molecule has 6 rings (SSSR count). The van der Waals surface area contributed by atoms with Gasteiger partial charge in [0.25, 0.3) is 0 Å². The van der Waals surface area contributed by atoms with Crippen LogP contribution in [0.5, 0.6) is 0 Å². The molecule has 4 heterocycles. The van der Waals surface area contributed by atoms with Crippen LogP contribution >= 0.6 is 38.6 Å². The first-order chi connectivity index (χ1) is 27.0. The average Bonchev–Trinajstić information content (AvgIpc) is 3.79. The minimum Gasteiger partial charge on any atom is -0.465 e. The van der Waals surface area contributed by atoms with Crippen LogP contribution in [0.25, 0.3) is 0 Å². The summed E-state index contributed by atoms with van der Waals surface area (Å²) in [6.45, 7) is 12.3. The number of hydrogen-bond acceptors (Lipinski definition) is 8. The molecule has 312 valence electrons. The minimum absolute atomic E-state index is 0.0398. The van der Waals surface area contributed by atoms with Crippen LogP contribution in [-0.2, 0) is 19.1 Å². The Labute approximate surface area is 358 Å². The van der Waals surface area contributed by atoms with Gasteiger partial charge in [0.2, 0.25) is 11.8 Å². The maximum absolute atomic E-state index is 13.0. The fourth-order valence-corrected chi connectivity index (χ4v) is 10.4. The molecule has 0 aromatic carbocycles. The van der Waals surface area contributed by atoms with Crippen molar-refractivity contribution in [2.75, 3.05) is 19.1 Å². The number of rotatable bonds is 5. The van der Waals surface area contributed by atoms with E-state index in [1.807, 2.05) is 37.8 Å². The number of ether oxygens (including phenoxy) is 2. The topological polar surface area (TPSA) is 102 Å². The molecule has 8 nitrogen and oxygen atoms in total. The smallest absolute Gasteiger partial charge is 0.350 e. The van der Waals surface area contributed by atoms with Crippen molar-refractivity contribution < 1.29 is 28.7 Å². The lowest BCUT2D eigenvalue weighted by Gasteiger charge is -2.41. The summed E-state index contributed by atoms with van der Waals surface area (Å²) in [6.07, 6.45) is 18.5. The number of nitrogens with one attached hydrogen (secondary N) is 1. The predicted molar refractivity (Wildman–Crippen MR) is 236 cm³/mol. The molecule has 1 N–H and O–H groups in total. The van der Waals surface area contributed by atoms with Crippen LogP contribution in [0.1, 0.15) is 173 Å². The zero-order valence-electron chi connectivity index (χ0n) is 35.4. The summed E-state index contributed by atoms with van der Waals surface area (Å²) in [5.74, 6) is 13.6. The van der Waals surface area contributed by atoms with Gasteiger partial charge >= 0.3 is 11.9 Å². The Morgan fingerprint density at radius 3 is 1.75 bits per heavy atom. The first kappa shape index (κ1) is 46.6. The summed E-state index contributed by atoms with van der Waals surface area (Å²) in [7, 11) is 2.76. The largest absolute Gasteiger partial charge is 0.465 e. The SMILES string of the molecule is COC(=O)c1sc(C#CC(C)(C)C)cc1Br.COC(=O)c1sc(C#CC(C)(C)C)cc1N1C(=O)CCC[C@H]1C1CCCCC1.O=C1CCC[C@@H](C2CCCCC2)N1. The zero-order valence-corrected chi connectivity index (χ0v) is 38.6. The molecule has 11 heteroatoms. The second-order valence-electron chi connectivity index (χ2n) is 17.7. The number of piperidine rings is 2. The van der Waals surface area contributed by atoms with Crippen molar-refractivity contribution in [3.63, 3.8) is 0 Å². The third kappa shape index (κ3) is 14.6. The van der Waals surface area contributed by atoms with E-state index in [0.29, 0.717) is 33.8 Å². The number of esters is 2. The number of thiophene rings is 2. The maximum atomic E-state index is 13.0. The van der Waals surface area contributed by atoms with E-state index < -0.39 is 0 Å². The molecule has 2 atom stereocenters. The number of anilines is 1. The predicted octanol–water partition coefficient (Wildman–Crippen LogP) is 11.3. The van der Waals surface area contributed by atoms with Crippen LogP contribution in [0.4, 0.5) is 5.69 Å². The number of amides is 2. The number of halogens is 1. The maximum Gasteiger partial charge on any atom is 0.350 e. The Kier molecular flexibility index (Phi) is 17.8. The minimum atomic E-state index is -0.385. The lowest BCUT2D eigenvalue weighted by molar-refractivity contribution is -0.124. The van der Waals surface area contributed by atoms with Crippen molar-refractivity contribution >= 4 is 68.0 Å². The van der Waals surface area contributed by atoms with Gasteiger partial charge in [-0.3, -0.25) is 9.59 Å². The van der Waals surface area contributed by atoms with Gasteiger partial charge in [0.05, 0.1) is 29.7 Å². The van der Waals surface area contributed by atoms with Crippen LogP contribution in [0.15, 0.2) is 16.6 Å². The molecule has 4 aliphatic rings. The van der Waals surface area contributed by atoms with Gasteiger partial charge in [-0.1, -0.05) is 62.2 Å². The summed E-state index contributed by atoms with van der Waals surface area (Å²) in [5, 5.41) is 3.15. The molecule has 2 aliphatic carbocycles. The second kappa shape index (κ2) is 21.8. The van der Waals surface area contributed by atoms with Crippen molar-refractivity contribution in [2.24, 2.45) is 22.7 Å². The summed E-state index contributed by atoms with van der Waals surface area (Å²) >= 11 is 5.99. The number of carbonyl (C=O) groups is 4. The van der Waals surface area contributed by atoms with Gasteiger partial charge in [0, 0.05) is 40.2 Å². The number of methoxy groups -OCH3 is 2.